The number of halogens is 2. The number of rotatable bonds is 7. The van der Waals surface area contributed by atoms with Gasteiger partial charge in [-0.25, -0.2) is 0 Å². The lowest BCUT2D eigenvalue weighted by molar-refractivity contribution is -0.118. The van der Waals surface area contributed by atoms with Gasteiger partial charge in [0.25, 0.3) is 0 Å². The Morgan fingerprint density at radius 2 is 2.00 bits per heavy atom. The summed E-state index contributed by atoms with van der Waals surface area (Å²) in [5.41, 5.74) is 5.88. The van der Waals surface area contributed by atoms with Crippen LogP contribution in [0, 0.1) is 0 Å². The molecule has 0 saturated carbocycles. The highest BCUT2D eigenvalue weighted by Crippen LogP contribution is 2.17. The standard InChI is InChI=1S/C12H16F2N2O3/c1-18-10(7-15)6-11(17)16-8-2-4-9(5-3-8)19-12(13)14/h2-5,10,12H,6-7,15H2,1H3,(H,16,17). The van der Waals surface area contributed by atoms with Gasteiger partial charge in [0.2, 0.25) is 5.91 Å². The van der Waals surface area contributed by atoms with E-state index in [2.05, 4.69) is 10.1 Å². The molecule has 1 rings (SSSR count). The number of ether oxygens (including phenoxy) is 2. The van der Waals surface area contributed by atoms with Crippen molar-refractivity contribution in [2.45, 2.75) is 19.1 Å². The van der Waals surface area contributed by atoms with Crippen molar-refractivity contribution in [1.29, 1.82) is 0 Å². The summed E-state index contributed by atoms with van der Waals surface area (Å²) < 4.78 is 33.0. The van der Waals surface area contributed by atoms with Crippen molar-refractivity contribution in [2.75, 3.05) is 19.0 Å². The van der Waals surface area contributed by atoms with E-state index in [9.17, 15) is 13.6 Å². The number of carbonyl (C=O) groups is 1. The molecule has 0 aliphatic heterocycles. The molecule has 0 radical (unpaired) electrons. The van der Waals surface area contributed by atoms with E-state index < -0.39 is 6.61 Å². The van der Waals surface area contributed by atoms with E-state index in [0.717, 1.165) is 0 Å². The third-order valence-corrected chi connectivity index (χ3v) is 2.37. The summed E-state index contributed by atoms with van der Waals surface area (Å²) >= 11 is 0. The Morgan fingerprint density at radius 3 is 2.47 bits per heavy atom. The maximum atomic E-state index is 11.9. The third-order valence-electron chi connectivity index (χ3n) is 2.37. The van der Waals surface area contributed by atoms with Gasteiger partial charge in [0.1, 0.15) is 5.75 Å². The second-order valence-corrected chi connectivity index (χ2v) is 3.75. The van der Waals surface area contributed by atoms with Crippen molar-refractivity contribution in [1.82, 2.24) is 0 Å². The minimum absolute atomic E-state index is 0.0322. The minimum atomic E-state index is -2.87. The van der Waals surface area contributed by atoms with E-state index in [1.807, 2.05) is 0 Å². The molecule has 0 aliphatic rings. The van der Waals surface area contributed by atoms with E-state index in [4.69, 9.17) is 10.5 Å². The highest BCUT2D eigenvalue weighted by atomic mass is 19.3. The molecule has 0 heterocycles. The van der Waals surface area contributed by atoms with Crippen LogP contribution in [-0.4, -0.2) is 32.3 Å². The molecular weight excluding hydrogens is 258 g/mol. The first-order valence-corrected chi connectivity index (χ1v) is 5.62. The number of methoxy groups -OCH3 is 1. The number of nitrogens with one attached hydrogen (secondary N) is 1. The van der Waals surface area contributed by atoms with E-state index in [-0.39, 0.29) is 30.7 Å². The molecule has 0 bridgehead atoms. The fraction of sp³-hybridized carbons (Fsp3) is 0.417. The van der Waals surface area contributed by atoms with Crippen LogP contribution in [0.2, 0.25) is 0 Å². The largest absolute Gasteiger partial charge is 0.435 e. The van der Waals surface area contributed by atoms with E-state index in [0.29, 0.717) is 5.69 Å². The molecule has 0 aromatic heterocycles. The summed E-state index contributed by atoms with van der Waals surface area (Å²) in [7, 11) is 1.47. The molecule has 106 valence electrons. The highest BCUT2D eigenvalue weighted by molar-refractivity contribution is 5.91. The van der Waals surface area contributed by atoms with Gasteiger partial charge >= 0.3 is 6.61 Å². The molecular formula is C12H16F2N2O3. The number of alkyl halides is 2. The predicted octanol–water partition coefficient (Wildman–Crippen LogP) is 1.59. The molecule has 1 aromatic rings. The first kappa shape index (κ1) is 15.3. The molecule has 19 heavy (non-hydrogen) atoms. The maximum Gasteiger partial charge on any atom is 0.387 e. The van der Waals surface area contributed by atoms with Crippen LogP contribution in [0.1, 0.15) is 6.42 Å². The Balaban J connectivity index is 2.50. The third kappa shape index (κ3) is 5.62. The number of nitrogens with two attached hydrogens (primary N) is 1. The lowest BCUT2D eigenvalue weighted by Gasteiger charge is -2.12. The fourth-order valence-corrected chi connectivity index (χ4v) is 1.40. The van der Waals surface area contributed by atoms with Gasteiger partial charge in [-0.05, 0) is 24.3 Å². The maximum absolute atomic E-state index is 11.9. The lowest BCUT2D eigenvalue weighted by Crippen LogP contribution is -2.28. The van der Waals surface area contributed by atoms with Crippen LogP contribution in [0.3, 0.4) is 0 Å². The monoisotopic (exact) mass is 274 g/mol. The van der Waals surface area contributed by atoms with Crippen LogP contribution >= 0.6 is 0 Å². The van der Waals surface area contributed by atoms with Gasteiger partial charge in [0.05, 0.1) is 12.5 Å². The van der Waals surface area contributed by atoms with Crippen molar-refractivity contribution in [3.8, 4) is 5.75 Å². The molecule has 0 aliphatic carbocycles. The quantitative estimate of drug-likeness (QED) is 0.792. The van der Waals surface area contributed by atoms with Crippen LogP contribution in [0.5, 0.6) is 5.75 Å². The molecule has 0 fully saturated rings. The van der Waals surface area contributed by atoms with Crippen molar-refractivity contribution < 1.29 is 23.0 Å². The summed E-state index contributed by atoms with van der Waals surface area (Å²) in [5.74, 6) is -0.232. The van der Waals surface area contributed by atoms with E-state index >= 15 is 0 Å². The van der Waals surface area contributed by atoms with Gasteiger partial charge in [0, 0.05) is 19.3 Å². The number of amides is 1. The zero-order valence-electron chi connectivity index (χ0n) is 10.4. The number of hydrogen-bond acceptors (Lipinski definition) is 4. The minimum Gasteiger partial charge on any atom is -0.435 e. The molecule has 7 heteroatoms. The molecule has 1 amide bonds. The molecule has 0 saturated heterocycles. The Morgan fingerprint density at radius 1 is 1.37 bits per heavy atom. The molecule has 1 unspecified atom stereocenters. The van der Waals surface area contributed by atoms with Crippen LogP contribution in [0.15, 0.2) is 24.3 Å². The van der Waals surface area contributed by atoms with Crippen LogP contribution in [0.4, 0.5) is 14.5 Å². The van der Waals surface area contributed by atoms with E-state index in [1.54, 1.807) is 0 Å². The van der Waals surface area contributed by atoms with Crippen LogP contribution in [0.25, 0.3) is 0 Å². The Labute approximate surface area is 109 Å². The summed E-state index contributed by atoms with van der Waals surface area (Å²) in [5, 5.41) is 2.60. The Kier molecular flexibility index (Phi) is 6.17. The van der Waals surface area contributed by atoms with Gasteiger partial charge in [-0.2, -0.15) is 8.78 Å². The summed E-state index contributed by atoms with van der Waals surface area (Å²) in [6.45, 7) is -2.63. The van der Waals surface area contributed by atoms with Gasteiger partial charge in [-0.15, -0.1) is 0 Å². The van der Waals surface area contributed by atoms with E-state index in [1.165, 1.54) is 31.4 Å². The van der Waals surface area contributed by atoms with Crippen molar-refractivity contribution in [3.63, 3.8) is 0 Å². The SMILES string of the molecule is COC(CN)CC(=O)Nc1ccc(OC(F)F)cc1. The van der Waals surface area contributed by atoms with Gasteiger partial charge < -0.3 is 20.5 Å². The number of benzene rings is 1. The van der Waals surface area contributed by atoms with Crippen LogP contribution in [-0.2, 0) is 9.53 Å². The Hall–Kier alpha value is -1.73. The van der Waals surface area contributed by atoms with Crippen molar-refractivity contribution >= 4 is 11.6 Å². The first-order chi connectivity index (χ1) is 9.05. The average molecular weight is 274 g/mol. The molecule has 3 N–H and O–H groups in total. The van der Waals surface area contributed by atoms with Gasteiger partial charge in [-0.1, -0.05) is 0 Å². The zero-order valence-corrected chi connectivity index (χ0v) is 10.4. The fourth-order valence-electron chi connectivity index (χ4n) is 1.40. The molecule has 1 atom stereocenters. The Bertz CT molecular complexity index is 394. The summed E-state index contributed by atoms with van der Waals surface area (Å²) in [6, 6.07) is 5.64. The number of anilines is 1. The second-order valence-electron chi connectivity index (χ2n) is 3.75. The van der Waals surface area contributed by atoms with Crippen LogP contribution < -0.4 is 15.8 Å². The molecule has 1 aromatic carbocycles. The van der Waals surface area contributed by atoms with Gasteiger partial charge in [-0.3, -0.25) is 4.79 Å². The normalized spacial score (nSPS) is 12.3. The predicted molar refractivity (Wildman–Crippen MR) is 66.2 cm³/mol. The number of carbonyl (C=O) groups excluding carboxylic acids is 1. The summed E-state index contributed by atoms with van der Waals surface area (Å²) in [4.78, 5) is 11.6. The van der Waals surface area contributed by atoms with Crippen molar-refractivity contribution in [3.05, 3.63) is 24.3 Å². The second kappa shape index (κ2) is 7.65. The topological polar surface area (TPSA) is 73.6 Å². The first-order valence-electron chi connectivity index (χ1n) is 5.62. The summed E-state index contributed by atoms with van der Waals surface area (Å²) in [6.07, 6.45) is -0.219. The smallest absolute Gasteiger partial charge is 0.387 e. The molecule has 5 nitrogen and oxygen atoms in total. The average Bonchev–Trinajstić information content (AvgIpc) is 2.37. The van der Waals surface area contributed by atoms with Crippen molar-refractivity contribution in [2.24, 2.45) is 5.73 Å². The lowest BCUT2D eigenvalue weighted by atomic mass is 10.2. The zero-order chi connectivity index (χ0) is 14.3. The van der Waals surface area contributed by atoms with Gasteiger partial charge in [0.15, 0.2) is 0 Å². The highest BCUT2D eigenvalue weighted by Gasteiger charge is 2.11. The number of hydrogen-bond donors (Lipinski definition) is 2. The molecule has 0 spiro atoms.